The molecule has 0 aliphatic heterocycles. The van der Waals surface area contributed by atoms with Crippen LogP contribution in [0.1, 0.15) is 2.85 Å². The molecule has 0 aliphatic rings. The molecule has 4 heteroatoms. The van der Waals surface area contributed by atoms with Crippen molar-refractivity contribution >= 4 is 40.4 Å². The summed E-state index contributed by atoms with van der Waals surface area (Å²) in [5.41, 5.74) is 0. The van der Waals surface area contributed by atoms with E-state index in [1.54, 1.807) is 0 Å². The van der Waals surface area contributed by atoms with Gasteiger partial charge in [0.1, 0.15) is 0 Å². The number of hydrogen-bond acceptors (Lipinski definition) is 1. The van der Waals surface area contributed by atoms with Gasteiger partial charge in [-0.05, 0) is 0 Å². The van der Waals surface area contributed by atoms with E-state index >= 15 is 0 Å². The van der Waals surface area contributed by atoms with Crippen molar-refractivity contribution in [2.24, 2.45) is 0 Å². The molecular formula is H5AlMgOTi. The van der Waals surface area contributed by atoms with Crippen molar-refractivity contribution in [1.82, 2.24) is 0 Å². The first-order chi connectivity index (χ1) is 1.00. The molecule has 0 spiro atoms. The number of rotatable bonds is 0. The fraction of sp³-hybridized carbons (Fsp3) is 0. The molecule has 0 aliphatic carbocycles. The van der Waals surface area contributed by atoms with Crippen LogP contribution in [0.15, 0.2) is 0 Å². The fourth-order valence-electron chi connectivity index (χ4n) is 0. The molecule has 1 nitrogen and oxygen atoms in total. The second-order valence-electron chi connectivity index (χ2n) is 0. The molecule has 0 bridgehead atoms. The summed E-state index contributed by atoms with van der Waals surface area (Å²) in [5, 5.41) is 0. The molecule has 0 atom stereocenters. The second-order valence-corrected chi connectivity index (χ2v) is 0. The van der Waals surface area contributed by atoms with Crippen molar-refractivity contribution in [3.8, 4) is 0 Å². The Kier molecular flexibility index (Phi) is 90.6. The van der Waals surface area contributed by atoms with Crippen LogP contribution < -0.4 is 0 Å². The molecule has 0 saturated carbocycles. The summed E-state index contributed by atoms with van der Waals surface area (Å²) < 4.78 is 8.25. The minimum atomic E-state index is 0. The van der Waals surface area contributed by atoms with Crippen molar-refractivity contribution in [3.63, 3.8) is 0 Å². The summed E-state index contributed by atoms with van der Waals surface area (Å²) in [6.45, 7) is 0. The maximum atomic E-state index is 8.25. The zero-order chi connectivity index (χ0) is 2.00. The minimum absolute atomic E-state index is 0. The summed E-state index contributed by atoms with van der Waals surface area (Å²) >= 11 is 0.750. The average Bonchev–Trinajstić information content (AvgIpc) is 1.00. The molecule has 0 saturated heterocycles. The third-order valence-electron chi connectivity index (χ3n) is 0. The van der Waals surface area contributed by atoms with Gasteiger partial charge < -0.3 is 2.85 Å². The maximum absolute atomic E-state index is 8.25. The topological polar surface area (TPSA) is 17.1 Å². The monoisotopic (exact) mass is 120 g/mol. The van der Waals surface area contributed by atoms with E-state index in [0.29, 0.717) is 0 Å². The van der Waals surface area contributed by atoms with Crippen LogP contribution in [0.25, 0.3) is 0 Å². The van der Waals surface area contributed by atoms with Gasteiger partial charge in [0.05, 0.1) is 0 Å². The van der Waals surface area contributed by atoms with Crippen LogP contribution in [-0.2, 0) is 23.7 Å². The molecular weight excluding hydrogens is 115 g/mol. The second kappa shape index (κ2) is 21.3. The molecule has 0 N–H and O–H groups in total. The standard InChI is InChI=1S/Al.Mg.O.Ti.5H/q;+2;;;;;;2*-1. The summed E-state index contributed by atoms with van der Waals surface area (Å²) in [6, 6.07) is 0. The van der Waals surface area contributed by atoms with Gasteiger partial charge in [0, 0.05) is 0 Å². The number of hydrogen-bond donors (Lipinski definition) is 0. The molecule has 0 rings (SSSR count). The van der Waals surface area contributed by atoms with Crippen molar-refractivity contribution < 1.29 is 26.6 Å². The SMILES string of the molecule is [AlH3].[H-].[H-].[Mg+2].[O]=[Ti]. The van der Waals surface area contributed by atoms with Crippen molar-refractivity contribution in [1.29, 1.82) is 0 Å². The molecule has 0 unspecified atom stereocenters. The van der Waals surface area contributed by atoms with Crippen LogP contribution in [0.2, 0.25) is 0 Å². The Morgan fingerprint density at radius 2 is 1.50 bits per heavy atom. The zero-order valence-corrected chi connectivity index (χ0v) is 4.59. The van der Waals surface area contributed by atoms with E-state index in [2.05, 4.69) is 0 Å². The van der Waals surface area contributed by atoms with E-state index in [4.69, 9.17) is 3.32 Å². The molecule has 0 fully saturated rings. The van der Waals surface area contributed by atoms with Gasteiger partial charge in [0.25, 0.3) is 0 Å². The van der Waals surface area contributed by atoms with Gasteiger partial charge in [0.15, 0.2) is 17.4 Å². The van der Waals surface area contributed by atoms with Gasteiger partial charge in [-0.3, -0.25) is 0 Å². The Hall–Kier alpha value is 1.81. The van der Waals surface area contributed by atoms with Gasteiger partial charge in [-0.15, -0.1) is 0 Å². The molecule has 20 valence electrons. The normalized spacial score (nSPS) is 0.750. The van der Waals surface area contributed by atoms with Gasteiger partial charge >= 0.3 is 46.8 Å². The van der Waals surface area contributed by atoms with Gasteiger partial charge in [0.2, 0.25) is 0 Å². The van der Waals surface area contributed by atoms with Crippen molar-refractivity contribution in [2.45, 2.75) is 0 Å². The van der Waals surface area contributed by atoms with Crippen LogP contribution in [0.5, 0.6) is 0 Å². The molecule has 0 heterocycles. The van der Waals surface area contributed by atoms with Crippen LogP contribution in [0, 0.1) is 0 Å². The third kappa shape index (κ3) is 9.18. The Morgan fingerprint density at radius 1 is 1.50 bits per heavy atom. The van der Waals surface area contributed by atoms with E-state index in [9.17, 15) is 0 Å². The summed E-state index contributed by atoms with van der Waals surface area (Å²) in [6.07, 6.45) is 0. The Balaban J connectivity index is -0.000000000833. The molecule has 0 aromatic heterocycles. The molecule has 0 aromatic carbocycles. The summed E-state index contributed by atoms with van der Waals surface area (Å²) in [7, 11) is 0. The Morgan fingerprint density at radius 3 is 1.50 bits per heavy atom. The zero-order valence-electron chi connectivity index (χ0n) is 3.62. The third-order valence-corrected chi connectivity index (χ3v) is 0. The van der Waals surface area contributed by atoms with Gasteiger partial charge in [-0.2, -0.15) is 0 Å². The van der Waals surface area contributed by atoms with Crippen LogP contribution in [-0.4, -0.2) is 40.4 Å². The molecule has 0 amide bonds. The van der Waals surface area contributed by atoms with E-state index < -0.39 is 0 Å². The molecule has 0 radical (unpaired) electrons. The first kappa shape index (κ1) is 17.0. The van der Waals surface area contributed by atoms with E-state index in [1.807, 2.05) is 0 Å². The summed E-state index contributed by atoms with van der Waals surface area (Å²) in [4.78, 5) is 0. The molecule has 0 aromatic rings. The quantitative estimate of drug-likeness (QED) is 0.357. The van der Waals surface area contributed by atoms with Crippen molar-refractivity contribution in [2.75, 3.05) is 0 Å². The van der Waals surface area contributed by atoms with E-state index in [1.165, 1.54) is 0 Å². The van der Waals surface area contributed by atoms with Gasteiger partial charge in [-0.25, -0.2) is 0 Å². The summed E-state index contributed by atoms with van der Waals surface area (Å²) in [5.74, 6) is 0. The van der Waals surface area contributed by atoms with E-state index in [-0.39, 0.29) is 43.3 Å². The fourth-order valence-corrected chi connectivity index (χ4v) is 0. The molecule has 4 heavy (non-hydrogen) atoms. The van der Waals surface area contributed by atoms with Crippen LogP contribution >= 0.6 is 0 Å². The average molecular weight is 120 g/mol. The van der Waals surface area contributed by atoms with Crippen LogP contribution in [0.3, 0.4) is 0 Å². The predicted molar refractivity (Wildman–Crippen MR) is 18.6 cm³/mol. The van der Waals surface area contributed by atoms with E-state index in [0.717, 1.165) is 20.4 Å². The Bertz CT molecular complexity index is 13.5. The van der Waals surface area contributed by atoms with Crippen LogP contribution in [0.4, 0.5) is 0 Å². The first-order valence-electron chi connectivity index (χ1n) is 0.204. The Labute approximate surface area is 66.5 Å². The van der Waals surface area contributed by atoms with Crippen molar-refractivity contribution in [3.05, 3.63) is 0 Å². The predicted octanol–water partition coefficient (Wildman–Crippen LogP) is -1.46. The first-order valence-corrected chi connectivity index (χ1v) is 0.842. The van der Waals surface area contributed by atoms with Gasteiger partial charge in [-0.1, -0.05) is 0 Å².